The lowest BCUT2D eigenvalue weighted by Crippen LogP contribution is -2.35. The van der Waals surface area contributed by atoms with E-state index in [9.17, 15) is 9.59 Å². The molecule has 0 atom stereocenters. The van der Waals surface area contributed by atoms with Gasteiger partial charge in [0.2, 0.25) is 10.1 Å². The predicted octanol–water partition coefficient (Wildman–Crippen LogP) is 3.41. The first-order valence-electron chi connectivity index (χ1n) is 5.01. The number of carbonyl (C=O) groups is 2. The summed E-state index contributed by atoms with van der Waals surface area (Å²) in [5.41, 5.74) is 0.344. The molecule has 16 heavy (non-hydrogen) atoms. The molecule has 86 valence electrons. The van der Waals surface area contributed by atoms with E-state index in [4.69, 9.17) is 23.2 Å². The first kappa shape index (κ1) is 13.2. The van der Waals surface area contributed by atoms with Gasteiger partial charge in [-0.05, 0) is 6.42 Å². The largest absolute Gasteiger partial charge is 0.296 e. The third kappa shape index (κ3) is 2.83. The van der Waals surface area contributed by atoms with E-state index in [1.54, 1.807) is 30.3 Å². The number of benzene rings is 1. The summed E-state index contributed by atoms with van der Waals surface area (Å²) >= 11 is 11.6. The quantitative estimate of drug-likeness (QED) is 0.461. The number of carbonyl (C=O) groups excluding carboxylic acids is 2. The molecule has 0 aromatic heterocycles. The van der Waals surface area contributed by atoms with Crippen LogP contribution >= 0.6 is 23.2 Å². The van der Waals surface area contributed by atoms with Crippen molar-refractivity contribution >= 4 is 34.8 Å². The molecule has 0 fully saturated rings. The van der Waals surface area contributed by atoms with Crippen LogP contribution in [-0.2, 0) is 4.79 Å². The Hall–Kier alpha value is -0.860. The first-order valence-corrected chi connectivity index (χ1v) is 5.76. The number of hydrogen-bond donors (Lipinski definition) is 0. The average Bonchev–Trinajstić information content (AvgIpc) is 2.29. The minimum Gasteiger partial charge on any atom is -0.296 e. The van der Waals surface area contributed by atoms with Crippen LogP contribution in [0.3, 0.4) is 0 Å². The van der Waals surface area contributed by atoms with Gasteiger partial charge in [0.15, 0.2) is 5.78 Å². The lowest BCUT2D eigenvalue weighted by molar-refractivity contribution is -0.118. The fraction of sp³-hybridized carbons (Fsp3) is 0.333. The zero-order valence-corrected chi connectivity index (χ0v) is 10.4. The van der Waals surface area contributed by atoms with Crippen LogP contribution in [0, 0.1) is 0 Å². The summed E-state index contributed by atoms with van der Waals surface area (Å²) in [6.45, 7) is 1.83. The van der Waals surface area contributed by atoms with Crippen LogP contribution in [0.25, 0.3) is 0 Å². The highest BCUT2D eigenvalue weighted by Crippen LogP contribution is 2.28. The van der Waals surface area contributed by atoms with Crippen molar-refractivity contribution in [1.82, 2.24) is 0 Å². The molecule has 0 aliphatic rings. The minimum atomic E-state index is -1.96. The van der Waals surface area contributed by atoms with E-state index >= 15 is 0 Å². The summed E-state index contributed by atoms with van der Waals surface area (Å²) in [5.74, 6) is -1.01. The highest BCUT2D eigenvalue weighted by atomic mass is 35.5. The van der Waals surface area contributed by atoms with Crippen LogP contribution in [-0.4, -0.2) is 15.9 Å². The zero-order chi connectivity index (χ0) is 12.2. The third-order valence-electron chi connectivity index (χ3n) is 2.15. The van der Waals surface area contributed by atoms with Gasteiger partial charge in [0.1, 0.15) is 0 Å². The predicted molar refractivity (Wildman–Crippen MR) is 65.1 cm³/mol. The molecule has 1 aromatic carbocycles. The van der Waals surface area contributed by atoms with Gasteiger partial charge in [-0.3, -0.25) is 9.59 Å². The summed E-state index contributed by atoms with van der Waals surface area (Å²) in [7, 11) is 0. The maximum absolute atomic E-state index is 11.9. The molecule has 0 aliphatic carbocycles. The zero-order valence-electron chi connectivity index (χ0n) is 8.87. The molecule has 0 aliphatic heterocycles. The van der Waals surface area contributed by atoms with Crippen molar-refractivity contribution in [3.05, 3.63) is 35.9 Å². The molecular formula is C12H12Cl2O2. The van der Waals surface area contributed by atoms with E-state index in [0.29, 0.717) is 12.0 Å². The Morgan fingerprint density at radius 1 is 1.19 bits per heavy atom. The second-order valence-electron chi connectivity index (χ2n) is 3.44. The van der Waals surface area contributed by atoms with Gasteiger partial charge in [-0.2, -0.15) is 0 Å². The van der Waals surface area contributed by atoms with Crippen LogP contribution in [0.1, 0.15) is 30.1 Å². The van der Waals surface area contributed by atoms with Gasteiger partial charge >= 0.3 is 0 Å². The van der Waals surface area contributed by atoms with Crippen molar-refractivity contribution in [2.45, 2.75) is 24.1 Å². The average molecular weight is 259 g/mol. The molecule has 0 radical (unpaired) electrons. The van der Waals surface area contributed by atoms with Gasteiger partial charge in [-0.1, -0.05) is 60.5 Å². The Bertz CT molecular complexity index is 385. The molecule has 0 amide bonds. The van der Waals surface area contributed by atoms with Crippen molar-refractivity contribution in [2.24, 2.45) is 0 Å². The van der Waals surface area contributed by atoms with Crippen LogP contribution in [0.2, 0.25) is 0 Å². The molecule has 1 rings (SSSR count). The van der Waals surface area contributed by atoms with Gasteiger partial charge in [0, 0.05) is 12.0 Å². The molecular weight excluding hydrogens is 247 g/mol. The van der Waals surface area contributed by atoms with Crippen LogP contribution in [0.5, 0.6) is 0 Å². The second kappa shape index (κ2) is 5.46. The maximum Gasteiger partial charge on any atom is 0.237 e. The smallest absolute Gasteiger partial charge is 0.237 e. The summed E-state index contributed by atoms with van der Waals surface area (Å²) in [6.07, 6.45) is 0.813. The Kier molecular flexibility index (Phi) is 4.51. The summed E-state index contributed by atoms with van der Waals surface area (Å²) in [4.78, 5) is 23.5. The van der Waals surface area contributed by atoms with E-state index in [2.05, 4.69) is 0 Å². The summed E-state index contributed by atoms with van der Waals surface area (Å²) in [5, 5.41) is 0. The van der Waals surface area contributed by atoms with Gasteiger partial charge in [-0.25, -0.2) is 0 Å². The number of halogens is 2. The topological polar surface area (TPSA) is 34.1 Å². The highest BCUT2D eigenvalue weighted by Gasteiger charge is 2.41. The van der Waals surface area contributed by atoms with E-state index in [1.165, 1.54) is 0 Å². The Balaban J connectivity index is 2.92. The molecule has 0 heterocycles. The minimum absolute atomic E-state index is 0.200. The molecule has 4 heteroatoms. The fourth-order valence-electron chi connectivity index (χ4n) is 1.28. The number of hydrogen-bond acceptors (Lipinski definition) is 2. The summed E-state index contributed by atoms with van der Waals surface area (Å²) < 4.78 is -1.96. The lowest BCUT2D eigenvalue weighted by atomic mass is 10.0. The van der Waals surface area contributed by atoms with Crippen molar-refractivity contribution in [2.75, 3.05) is 0 Å². The molecule has 0 unspecified atom stereocenters. The normalized spacial score (nSPS) is 11.2. The van der Waals surface area contributed by atoms with E-state index < -0.39 is 15.9 Å². The molecule has 0 bridgehead atoms. The van der Waals surface area contributed by atoms with Crippen molar-refractivity contribution in [1.29, 1.82) is 0 Å². The highest BCUT2D eigenvalue weighted by molar-refractivity contribution is 6.69. The third-order valence-corrected chi connectivity index (χ3v) is 2.91. The monoisotopic (exact) mass is 258 g/mol. The van der Waals surface area contributed by atoms with E-state index in [1.807, 2.05) is 6.92 Å². The molecule has 0 saturated heterocycles. The van der Waals surface area contributed by atoms with Gasteiger partial charge in [0.25, 0.3) is 0 Å². The Labute approximate surface area is 105 Å². The number of alkyl halides is 2. The van der Waals surface area contributed by atoms with Crippen molar-refractivity contribution in [3.8, 4) is 0 Å². The molecule has 2 nitrogen and oxygen atoms in total. The molecule has 0 spiro atoms. The number of ketones is 2. The van der Waals surface area contributed by atoms with Gasteiger partial charge in [-0.15, -0.1) is 0 Å². The van der Waals surface area contributed by atoms with Crippen molar-refractivity contribution < 1.29 is 9.59 Å². The van der Waals surface area contributed by atoms with E-state index in [0.717, 1.165) is 0 Å². The van der Waals surface area contributed by atoms with Crippen LogP contribution < -0.4 is 0 Å². The molecule has 1 aromatic rings. The lowest BCUT2D eigenvalue weighted by Gasteiger charge is -2.16. The van der Waals surface area contributed by atoms with Crippen LogP contribution in [0.4, 0.5) is 0 Å². The Morgan fingerprint density at radius 2 is 1.75 bits per heavy atom. The SMILES string of the molecule is CCCC(=O)C(Cl)(Cl)C(=O)c1ccccc1. The standard InChI is InChI=1S/C12H12Cl2O2/c1-2-6-10(15)12(13,14)11(16)9-7-4-3-5-8-9/h3-5,7-8H,2,6H2,1H3. The van der Waals surface area contributed by atoms with Gasteiger partial charge < -0.3 is 0 Å². The fourth-order valence-corrected chi connectivity index (χ4v) is 1.69. The summed E-state index contributed by atoms with van der Waals surface area (Å²) in [6, 6.07) is 8.33. The number of rotatable bonds is 5. The van der Waals surface area contributed by atoms with Crippen LogP contribution in [0.15, 0.2) is 30.3 Å². The van der Waals surface area contributed by atoms with E-state index in [-0.39, 0.29) is 6.42 Å². The van der Waals surface area contributed by atoms with Crippen molar-refractivity contribution in [3.63, 3.8) is 0 Å². The maximum atomic E-state index is 11.9. The van der Waals surface area contributed by atoms with Gasteiger partial charge in [0.05, 0.1) is 0 Å². The first-order chi connectivity index (χ1) is 7.50. The second-order valence-corrected chi connectivity index (χ2v) is 4.77. The molecule has 0 N–H and O–H groups in total. The Morgan fingerprint density at radius 3 is 2.25 bits per heavy atom. The molecule has 0 saturated carbocycles. The number of Topliss-reactive ketones (excluding diaryl/α,β-unsaturated/α-hetero) is 2.